The van der Waals surface area contributed by atoms with E-state index in [2.05, 4.69) is 20.6 Å². The van der Waals surface area contributed by atoms with Crippen LogP contribution in [0.15, 0.2) is 12.1 Å². The van der Waals surface area contributed by atoms with Gasteiger partial charge in [0.2, 0.25) is 0 Å². The van der Waals surface area contributed by atoms with Crippen molar-refractivity contribution in [2.24, 2.45) is 5.84 Å². The summed E-state index contributed by atoms with van der Waals surface area (Å²) in [6.45, 7) is 7.06. The molecule has 0 aromatic carbocycles. The van der Waals surface area contributed by atoms with Crippen LogP contribution in [0.5, 0.6) is 0 Å². The van der Waals surface area contributed by atoms with E-state index in [1.54, 1.807) is 12.1 Å². The molecule has 2 heterocycles. The van der Waals surface area contributed by atoms with Crippen molar-refractivity contribution in [2.75, 3.05) is 25.1 Å². The predicted molar refractivity (Wildman–Crippen MR) is 84.0 cm³/mol. The molecule has 0 spiro atoms. The molecule has 1 aliphatic rings. The lowest BCUT2D eigenvalue weighted by molar-refractivity contribution is 0.0925. The summed E-state index contributed by atoms with van der Waals surface area (Å²) in [6, 6.07) is 3.55. The van der Waals surface area contributed by atoms with Crippen LogP contribution in [0, 0.1) is 6.92 Å². The van der Waals surface area contributed by atoms with Crippen molar-refractivity contribution in [3.8, 4) is 0 Å². The number of hydrogen-bond acceptors (Lipinski definition) is 5. The van der Waals surface area contributed by atoms with E-state index < -0.39 is 0 Å². The summed E-state index contributed by atoms with van der Waals surface area (Å²) in [4.78, 5) is 18.9. The maximum Gasteiger partial charge on any atom is 0.251 e. The van der Waals surface area contributed by atoms with Gasteiger partial charge in [0.15, 0.2) is 0 Å². The number of aromatic nitrogens is 1. The molecule has 116 valence electrons. The second-order valence-corrected chi connectivity index (χ2v) is 5.76. The Labute approximate surface area is 126 Å². The summed E-state index contributed by atoms with van der Waals surface area (Å²) in [7, 11) is 0. The van der Waals surface area contributed by atoms with E-state index in [0.29, 0.717) is 11.4 Å². The minimum Gasteiger partial charge on any atom is -0.348 e. The fourth-order valence-corrected chi connectivity index (χ4v) is 2.76. The van der Waals surface area contributed by atoms with Gasteiger partial charge in [0.1, 0.15) is 5.82 Å². The number of hydrogen-bond donors (Lipinski definition) is 3. The smallest absolute Gasteiger partial charge is 0.251 e. The minimum atomic E-state index is -0.0819. The number of amides is 1. The van der Waals surface area contributed by atoms with Crippen molar-refractivity contribution in [1.82, 2.24) is 15.2 Å². The number of nitrogens with one attached hydrogen (secondary N) is 2. The standard InChI is InChI=1S/C15H25N5O/c1-11-8-13(9-14(17-11)19-16)15(21)18-12(2)10-20-6-4-3-5-7-20/h8-9,12H,3-7,10,16H2,1-2H3,(H,17,19)(H,18,21). The van der Waals surface area contributed by atoms with Gasteiger partial charge in [-0.15, -0.1) is 0 Å². The highest BCUT2D eigenvalue weighted by Crippen LogP contribution is 2.11. The SMILES string of the molecule is Cc1cc(C(=O)NC(C)CN2CCCCC2)cc(NN)n1. The monoisotopic (exact) mass is 291 g/mol. The number of likely N-dealkylation sites (tertiary alicyclic amines) is 1. The molecule has 0 bridgehead atoms. The zero-order chi connectivity index (χ0) is 15.2. The molecule has 0 saturated carbocycles. The number of anilines is 1. The van der Waals surface area contributed by atoms with Crippen LogP contribution in [0.1, 0.15) is 42.2 Å². The van der Waals surface area contributed by atoms with E-state index >= 15 is 0 Å². The van der Waals surface area contributed by atoms with Crippen LogP contribution in [-0.2, 0) is 0 Å². The Bertz CT molecular complexity index is 485. The fraction of sp³-hybridized carbons (Fsp3) is 0.600. The molecule has 1 aromatic rings. The normalized spacial score (nSPS) is 17.3. The first-order chi connectivity index (χ1) is 10.1. The lowest BCUT2D eigenvalue weighted by Crippen LogP contribution is -2.43. The molecule has 0 aliphatic carbocycles. The number of piperidine rings is 1. The predicted octanol–water partition coefficient (Wildman–Crippen LogP) is 1.28. The topological polar surface area (TPSA) is 83.3 Å². The number of nitrogen functional groups attached to an aromatic ring is 1. The largest absolute Gasteiger partial charge is 0.348 e. The number of carbonyl (C=O) groups excluding carboxylic acids is 1. The van der Waals surface area contributed by atoms with Crippen LogP contribution in [-0.4, -0.2) is 41.5 Å². The third-order valence-electron chi connectivity index (χ3n) is 3.72. The molecular weight excluding hydrogens is 266 g/mol. The molecule has 1 unspecified atom stereocenters. The van der Waals surface area contributed by atoms with Crippen LogP contribution in [0.3, 0.4) is 0 Å². The van der Waals surface area contributed by atoms with Gasteiger partial charge in [0.05, 0.1) is 0 Å². The van der Waals surface area contributed by atoms with Crippen LogP contribution in [0.2, 0.25) is 0 Å². The molecule has 1 saturated heterocycles. The number of nitrogens with two attached hydrogens (primary N) is 1. The van der Waals surface area contributed by atoms with Gasteiger partial charge in [0.25, 0.3) is 5.91 Å². The molecule has 21 heavy (non-hydrogen) atoms. The first-order valence-electron chi connectivity index (χ1n) is 7.57. The van der Waals surface area contributed by atoms with Crippen molar-refractivity contribution < 1.29 is 4.79 Å². The van der Waals surface area contributed by atoms with Crippen LogP contribution in [0.4, 0.5) is 5.82 Å². The molecule has 6 nitrogen and oxygen atoms in total. The maximum absolute atomic E-state index is 12.3. The third kappa shape index (κ3) is 4.68. The summed E-state index contributed by atoms with van der Waals surface area (Å²) in [5, 5.41) is 3.05. The molecule has 0 radical (unpaired) electrons. The first-order valence-corrected chi connectivity index (χ1v) is 7.57. The van der Waals surface area contributed by atoms with Crippen molar-refractivity contribution in [1.29, 1.82) is 0 Å². The first kappa shape index (κ1) is 15.7. The molecule has 1 aromatic heterocycles. The Morgan fingerprint density at radius 1 is 1.38 bits per heavy atom. The maximum atomic E-state index is 12.3. The molecular formula is C15H25N5O. The summed E-state index contributed by atoms with van der Waals surface area (Å²) >= 11 is 0. The van der Waals surface area contributed by atoms with Crippen molar-refractivity contribution >= 4 is 11.7 Å². The summed E-state index contributed by atoms with van der Waals surface area (Å²) < 4.78 is 0. The Kier molecular flexibility index (Phi) is 5.52. The molecule has 1 fully saturated rings. The van der Waals surface area contributed by atoms with Gasteiger partial charge in [-0.2, -0.15) is 0 Å². The molecule has 1 amide bonds. The molecule has 1 aliphatic heterocycles. The number of carbonyl (C=O) groups is 1. The third-order valence-corrected chi connectivity index (χ3v) is 3.72. The average Bonchev–Trinajstić information content (AvgIpc) is 2.47. The van der Waals surface area contributed by atoms with E-state index in [4.69, 9.17) is 5.84 Å². The van der Waals surface area contributed by atoms with E-state index in [0.717, 1.165) is 25.3 Å². The van der Waals surface area contributed by atoms with Gasteiger partial charge < -0.3 is 15.6 Å². The number of aryl methyl sites for hydroxylation is 1. The highest BCUT2D eigenvalue weighted by Gasteiger charge is 2.16. The number of rotatable bonds is 5. The van der Waals surface area contributed by atoms with E-state index in [1.807, 2.05) is 13.8 Å². The highest BCUT2D eigenvalue weighted by atomic mass is 16.1. The van der Waals surface area contributed by atoms with Crippen molar-refractivity contribution in [3.63, 3.8) is 0 Å². The van der Waals surface area contributed by atoms with Crippen molar-refractivity contribution in [2.45, 2.75) is 39.2 Å². The minimum absolute atomic E-state index is 0.0819. The summed E-state index contributed by atoms with van der Waals surface area (Å²) in [6.07, 6.45) is 3.84. The lowest BCUT2D eigenvalue weighted by Gasteiger charge is -2.29. The van der Waals surface area contributed by atoms with Gasteiger partial charge in [-0.1, -0.05) is 6.42 Å². The van der Waals surface area contributed by atoms with E-state index in [1.165, 1.54) is 19.3 Å². The van der Waals surface area contributed by atoms with Crippen LogP contribution in [0.25, 0.3) is 0 Å². The van der Waals surface area contributed by atoms with E-state index in [-0.39, 0.29) is 11.9 Å². The molecule has 4 N–H and O–H groups in total. The zero-order valence-corrected chi connectivity index (χ0v) is 12.9. The number of hydrazine groups is 1. The van der Waals surface area contributed by atoms with Gasteiger partial charge in [-0.05, 0) is 51.9 Å². The second-order valence-electron chi connectivity index (χ2n) is 5.76. The Balaban J connectivity index is 1.92. The van der Waals surface area contributed by atoms with Gasteiger partial charge in [0, 0.05) is 23.8 Å². The average molecular weight is 291 g/mol. The van der Waals surface area contributed by atoms with Crippen molar-refractivity contribution in [3.05, 3.63) is 23.4 Å². The highest BCUT2D eigenvalue weighted by molar-refractivity contribution is 5.95. The molecule has 2 rings (SSSR count). The fourth-order valence-electron chi connectivity index (χ4n) is 2.76. The Hall–Kier alpha value is -1.66. The number of pyridine rings is 1. The lowest BCUT2D eigenvalue weighted by atomic mass is 10.1. The molecule has 6 heteroatoms. The number of nitrogens with zero attached hydrogens (tertiary/aromatic N) is 2. The quantitative estimate of drug-likeness (QED) is 0.562. The Morgan fingerprint density at radius 2 is 2.10 bits per heavy atom. The Morgan fingerprint density at radius 3 is 2.76 bits per heavy atom. The van der Waals surface area contributed by atoms with Gasteiger partial charge in [-0.3, -0.25) is 4.79 Å². The van der Waals surface area contributed by atoms with Gasteiger partial charge >= 0.3 is 0 Å². The van der Waals surface area contributed by atoms with Crippen LogP contribution < -0.4 is 16.6 Å². The molecule has 1 atom stereocenters. The van der Waals surface area contributed by atoms with Gasteiger partial charge in [-0.25, -0.2) is 10.8 Å². The second kappa shape index (κ2) is 7.38. The van der Waals surface area contributed by atoms with E-state index in [9.17, 15) is 4.79 Å². The summed E-state index contributed by atoms with van der Waals surface area (Å²) in [5.41, 5.74) is 3.83. The van der Waals surface area contributed by atoms with Crippen LogP contribution >= 0.6 is 0 Å². The summed E-state index contributed by atoms with van der Waals surface area (Å²) in [5.74, 6) is 5.78. The zero-order valence-electron chi connectivity index (χ0n) is 12.9.